The molecule has 1 N–H and O–H groups in total. The van der Waals surface area contributed by atoms with E-state index >= 15 is 0 Å². The zero-order chi connectivity index (χ0) is 17.9. The van der Waals surface area contributed by atoms with Crippen molar-refractivity contribution in [2.75, 3.05) is 16.8 Å². The summed E-state index contributed by atoms with van der Waals surface area (Å²) in [6, 6.07) is 19.1. The molecule has 0 atom stereocenters. The number of rotatable bonds is 3. The quantitative estimate of drug-likeness (QED) is 0.706. The summed E-state index contributed by atoms with van der Waals surface area (Å²) in [5.74, 6) is 0.672. The van der Waals surface area contributed by atoms with Crippen LogP contribution in [0.15, 0.2) is 66.9 Å². The van der Waals surface area contributed by atoms with Crippen molar-refractivity contribution in [2.45, 2.75) is 12.8 Å². The molecule has 3 aromatic rings. The molecule has 0 saturated carbocycles. The molecule has 1 amide bonds. The van der Waals surface area contributed by atoms with Crippen LogP contribution in [-0.2, 0) is 6.42 Å². The predicted octanol–water partition coefficient (Wildman–Crippen LogP) is 5.07. The molecule has 0 fully saturated rings. The van der Waals surface area contributed by atoms with Crippen LogP contribution in [0.3, 0.4) is 0 Å². The number of pyridine rings is 1. The molecule has 4 nitrogen and oxygen atoms in total. The predicted molar refractivity (Wildman–Crippen MR) is 105 cm³/mol. The average molecular weight is 364 g/mol. The molecule has 0 bridgehead atoms. The fraction of sp³-hybridized carbons (Fsp3) is 0.143. The maximum Gasteiger partial charge on any atom is 0.259 e. The number of nitrogens with one attached hydrogen (secondary N) is 1. The summed E-state index contributed by atoms with van der Waals surface area (Å²) in [7, 11) is 0. The van der Waals surface area contributed by atoms with Gasteiger partial charge in [-0.2, -0.15) is 0 Å². The van der Waals surface area contributed by atoms with E-state index < -0.39 is 0 Å². The molecule has 2 aromatic carbocycles. The van der Waals surface area contributed by atoms with Crippen LogP contribution >= 0.6 is 11.6 Å². The van der Waals surface area contributed by atoms with Crippen molar-refractivity contribution in [3.05, 3.63) is 83.0 Å². The molecule has 0 aliphatic carbocycles. The fourth-order valence-corrected chi connectivity index (χ4v) is 3.30. The monoisotopic (exact) mass is 363 g/mol. The lowest BCUT2D eigenvalue weighted by Crippen LogP contribution is -2.35. The number of nitrogens with zero attached hydrogens (tertiary/aromatic N) is 2. The van der Waals surface area contributed by atoms with Gasteiger partial charge in [-0.1, -0.05) is 29.8 Å². The Morgan fingerprint density at radius 3 is 2.62 bits per heavy atom. The molecular formula is C21H18ClN3O. The summed E-state index contributed by atoms with van der Waals surface area (Å²) in [4.78, 5) is 19.1. The molecule has 130 valence electrons. The van der Waals surface area contributed by atoms with Crippen molar-refractivity contribution in [2.24, 2.45) is 0 Å². The van der Waals surface area contributed by atoms with Gasteiger partial charge in [0.15, 0.2) is 0 Å². The topological polar surface area (TPSA) is 45.2 Å². The van der Waals surface area contributed by atoms with Gasteiger partial charge in [0.2, 0.25) is 0 Å². The van der Waals surface area contributed by atoms with Gasteiger partial charge in [-0.05, 0) is 60.9 Å². The third kappa shape index (κ3) is 3.41. The van der Waals surface area contributed by atoms with Gasteiger partial charge in [0, 0.05) is 29.1 Å². The van der Waals surface area contributed by atoms with Gasteiger partial charge in [-0.25, -0.2) is 4.98 Å². The third-order valence-corrected chi connectivity index (χ3v) is 4.73. The number of hydrogen-bond donors (Lipinski definition) is 1. The summed E-state index contributed by atoms with van der Waals surface area (Å²) in [5.41, 5.74) is 3.71. The molecule has 4 rings (SSSR count). The van der Waals surface area contributed by atoms with Crippen molar-refractivity contribution >= 4 is 34.7 Å². The lowest BCUT2D eigenvalue weighted by molar-refractivity contribution is 0.0985. The Balaban J connectivity index is 1.52. The van der Waals surface area contributed by atoms with Gasteiger partial charge in [-0.3, -0.25) is 4.79 Å². The van der Waals surface area contributed by atoms with Crippen LogP contribution in [0.5, 0.6) is 0 Å². The van der Waals surface area contributed by atoms with Crippen LogP contribution in [-0.4, -0.2) is 17.4 Å². The minimum Gasteiger partial charge on any atom is -0.340 e. The number of carbonyl (C=O) groups is 1. The zero-order valence-electron chi connectivity index (χ0n) is 14.2. The fourth-order valence-electron chi connectivity index (χ4n) is 3.18. The van der Waals surface area contributed by atoms with Crippen molar-refractivity contribution in [3.8, 4) is 0 Å². The van der Waals surface area contributed by atoms with E-state index in [0.717, 1.165) is 30.8 Å². The second-order valence-corrected chi connectivity index (χ2v) is 6.69. The van der Waals surface area contributed by atoms with E-state index in [9.17, 15) is 4.79 Å². The maximum atomic E-state index is 12.9. The first-order chi connectivity index (χ1) is 12.7. The van der Waals surface area contributed by atoms with Gasteiger partial charge in [0.25, 0.3) is 5.91 Å². The number of benzene rings is 2. The number of hydrogen-bond acceptors (Lipinski definition) is 3. The van der Waals surface area contributed by atoms with Crippen LogP contribution in [0.1, 0.15) is 22.3 Å². The second kappa shape index (κ2) is 7.18. The molecule has 1 aliphatic rings. The molecular weight excluding hydrogens is 346 g/mol. The van der Waals surface area contributed by atoms with Gasteiger partial charge in [-0.15, -0.1) is 0 Å². The van der Waals surface area contributed by atoms with Gasteiger partial charge in [0.05, 0.1) is 5.56 Å². The molecule has 0 radical (unpaired) electrons. The SMILES string of the molecule is O=C(c1ccc(Nc2ccc(Cl)cc2)nc1)N1CCCc2ccccc21. The van der Waals surface area contributed by atoms with E-state index in [1.165, 1.54) is 5.56 Å². The average Bonchev–Trinajstić information content (AvgIpc) is 2.69. The summed E-state index contributed by atoms with van der Waals surface area (Å²) < 4.78 is 0. The standard InChI is InChI=1S/C21H18ClN3O/c22-17-8-10-18(11-9-17)24-20-12-7-16(14-23-20)21(26)25-13-3-5-15-4-1-2-6-19(15)25/h1-2,4,6-12,14H,3,5,13H2,(H,23,24). The highest BCUT2D eigenvalue weighted by Gasteiger charge is 2.23. The van der Waals surface area contributed by atoms with E-state index in [0.29, 0.717) is 16.4 Å². The van der Waals surface area contributed by atoms with Crippen molar-refractivity contribution in [1.82, 2.24) is 4.98 Å². The summed E-state index contributed by atoms with van der Waals surface area (Å²) in [6.07, 6.45) is 3.62. The summed E-state index contributed by atoms with van der Waals surface area (Å²) in [5, 5.41) is 3.88. The zero-order valence-corrected chi connectivity index (χ0v) is 14.9. The highest BCUT2D eigenvalue weighted by molar-refractivity contribution is 6.30. The van der Waals surface area contributed by atoms with Crippen molar-refractivity contribution in [3.63, 3.8) is 0 Å². The van der Waals surface area contributed by atoms with Crippen LogP contribution in [0.4, 0.5) is 17.2 Å². The first kappa shape index (κ1) is 16.6. The van der Waals surface area contributed by atoms with Gasteiger partial charge < -0.3 is 10.2 Å². The second-order valence-electron chi connectivity index (χ2n) is 6.25. The highest BCUT2D eigenvalue weighted by Crippen LogP contribution is 2.28. The molecule has 26 heavy (non-hydrogen) atoms. The number of fused-ring (bicyclic) bond motifs is 1. The minimum atomic E-state index is -0.0114. The molecule has 0 spiro atoms. The molecule has 0 unspecified atom stereocenters. The Morgan fingerprint density at radius 1 is 1.04 bits per heavy atom. The highest BCUT2D eigenvalue weighted by atomic mass is 35.5. The lowest BCUT2D eigenvalue weighted by atomic mass is 10.0. The van der Waals surface area contributed by atoms with E-state index in [2.05, 4.69) is 16.4 Å². The first-order valence-corrected chi connectivity index (χ1v) is 8.97. The Labute approximate surface area is 157 Å². The number of carbonyl (C=O) groups excluding carboxylic acids is 1. The van der Waals surface area contributed by atoms with Crippen LogP contribution in [0.25, 0.3) is 0 Å². The van der Waals surface area contributed by atoms with E-state index in [1.54, 1.807) is 6.20 Å². The summed E-state index contributed by atoms with van der Waals surface area (Å²) >= 11 is 5.89. The molecule has 1 aliphatic heterocycles. The number of amides is 1. The normalized spacial score (nSPS) is 13.2. The largest absolute Gasteiger partial charge is 0.340 e. The smallest absolute Gasteiger partial charge is 0.259 e. The van der Waals surface area contributed by atoms with Gasteiger partial charge in [0.1, 0.15) is 5.82 Å². The van der Waals surface area contributed by atoms with E-state index in [-0.39, 0.29) is 5.91 Å². The number of anilines is 3. The minimum absolute atomic E-state index is 0.0114. The number of aryl methyl sites for hydroxylation is 1. The lowest BCUT2D eigenvalue weighted by Gasteiger charge is -2.29. The number of aromatic nitrogens is 1. The van der Waals surface area contributed by atoms with Crippen LogP contribution in [0, 0.1) is 0 Å². The van der Waals surface area contributed by atoms with Gasteiger partial charge >= 0.3 is 0 Å². The first-order valence-electron chi connectivity index (χ1n) is 8.59. The van der Waals surface area contributed by atoms with Crippen LogP contribution in [0.2, 0.25) is 5.02 Å². The summed E-state index contributed by atoms with van der Waals surface area (Å²) in [6.45, 7) is 0.737. The third-order valence-electron chi connectivity index (χ3n) is 4.48. The number of para-hydroxylation sites is 1. The molecule has 1 aromatic heterocycles. The molecule has 2 heterocycles. The maximum absolute atomic E-state index is 12.9. The van der Waals surface area contributed by atoms with Crippen molar-refractivity contribution in [1.29, 1.82) is 0 Å². The van der Waals surface area contributed by atoms with E-state index in [4.69, 9.17) is 11.6 Å². The number of halogens is 1. The Kier molecular flexibility index (Phi) is 4.59. The Morgan fingerprint density at radius 2 is 1.85 bits per heavy atom. The van der Waals surface area contributed by atoms with Crippen molar-refractivity contribution < 1.29 is 4.79 Å². The Hall–Kier alpha value is -2.85. The Bertz CT molecular complexity index is 923. The van der Waals surface area contributed by atoms with Crippen LogP contribution < -0.4 is 10.2 Å². The van der Waals surface area contributed by atoms with E-state index in [1.807, 2.05) is 59.5 Å². The molecule has 5 heteroatoms. The molecule has 0 saturated heterocycles.